The fourth-order valence-corrected chi connectivity index (χ4v) is 10.4. The number of para-hydroxylation sites is 4. The van der Waals surface area contributed by atoms with Crippen molar-refractivity contribution in [2.24, 2.45) is 0 Å². The fraction of sp³-hybridized carbons (Fsp3) is 0.148. The minimum absolute atomic E-state index is 0.212. The Hall–Kier alpha value is -6.78. The topological polar surface area (TPSA) is 32.8 Å². The Morgan fingerprint density at radius 2 is 0.862 bits per heavy atom. The van der Waals surface area contributed by atoms with Crippen LogP contribution in [0.25, 0.3) is 54.6 Å². The monoisotopic (exact) mass is 750 g/mol. The number of hydrogen-bond donors (Lipinski definition) is 0. The summed E-state index contributed by atoms with van der Waals surface area (Å²) in [6, 6.07) is 53.4. The van der Waals surface area contributed by atoms with Gasteiger partial charge < -0.3 is 18.6 Å². The number of fused-ring (bicyclic) bond motifs is 11. The molecule has 0 atom stereocenters. The van der Waals surface area contributed by atoms with Crippen LogP contribution in [-0.4, -0.2) is 0 Å². The molecule has 4 heterocycles. The maximum absolute atomic E-state index is 6.51. The van der Waals surface area contributed by atoms with Crippen LogP contribution in [0.15, 0.2) is 154 Å². The number of rotatable bonds is 2. The third-order valence-corrected chi connectivity index (χ3v) is 13.4. The van der Waals surface area contributed by atoms with Crippen molar-refractivity contribution in [3.8, 4) is 0 Å². The highest BCUT2D eigenvalue weighted by Gasteiger charge is 2.40. The molecule has 10 aromatic rings. The van der Waals surface area contributed by atoms with E-state index in [0.29, 0.717) is 0 Å². The molecule has 0 unspecified atom stereocenters. The van der Waals surface area contributed by atoms with Gasteiger partial charge in [-0.1, -0.05) is 100 Å². The van der Waals surface area contributed by atoms with Crippen LogP contribution in [0.3, 0.4) is 0 Å². The molecule has 0 bridgehead atoms. The lowest BCUT2D eigenvalue weighted by atomic mass is 9.73. The van der Waals surface area contributed by atoms with E-state index < -0.39 is 0 Å². The number of hydrogen-bond acceptors (Lipinski definition) is 4. The third kappa shape index (κ3) is 4.40. The lowest BCUT2D eigenvalue weighted by molar-refractivity contribution is 0.630. The molecule has 0 radical (unpaired) electrons. The lowest BCUT2D eigenvalue weighted by Crippen LogP contribution is -2.31. The van der Waals surface area contributed by atoms with Gasteiger partial charge in [-0.25, -0.2) is 0 Å². The smallest absolute Gasteiger partial charge is 0.137 e. The summed E-state index contributed by atoms with van der Waals surface area (Å²) >= 11 is 0. The van der Waals surface area contributed by atoms with E-state index in [9.17, 15) is 0 Å². The Morgan fingerprint density at radius 1 is 0.362 bits per heavy atom. The highest BCUT2D eigenvalue weighted by atomic mass is 16.3. The van der Waals surface area contributed by atoms with Gasteiger partial charge in [-0.3, -0.25) is 0 Å². The zero-order valence-corrected chi connectivity index (χ0v) is 33.6. The molecule has 0 aliphatic carbocycles. The minimum atomic E-state index is -0.214. The van der Waals surface area contributed by atoms with Crippen molar-refractivity contribution in [3.05, 3.63) is 179 Å². The molecule has 280 valence electrons. The lowest BCUT2D eigenvalue weighted by Gasteiger charge is -2.43. The maximum Gasteiger partial charge on any atom is 0.137 e. The van der Waals surface area contributed by atoms with Gasteiger partial charge in [0.1, 0.15) is 22.3 Å². The van der Waals surface area contributed by atoms with E-state index in [1.807, 2.05) is 12.1 Å². The number of furan rings is 2. The van der Waals surface area contributed by atoms with E-state index in [4.69, 9.17) is 8.83 Å². The zero-order valence-electron chi connectivity index (χ0n) is 33.6. The normalized spacial score (nSPS) is 15.3. The number of nitrogens with zero attached hydrogens (tertiary/aromatic N) is 2. The predicted octanol–water partition coefficient (Wildman–Crippen LogP) is 15.5. The van der Waals surface area contributed by atoms with E-state index in [1.54, 1.807) is 0 Å². The van der Waals surface area contributed by atoms with Gasteiger partial charge in [0.2, 0.25) is 0 Å². The van der Waals surface area contributed by atoms with Crippen LogP contribution in [0.2, 0.25) is 0 Å². The molecule has 0 amide bonds. The van der Waals surface area contributed by atoms with E-state index in [2.05, 4.69) is 185 Å². The van der Waals surface area contributed by atoms with Crippen molar-refractivity contribution >= 4 is 88.8 Å². The summed E-state index contributed by atoms with van der Waals surface area (Å²) in [7, 11) is 0. The second-order valence-corrected chi connectivity index (χ2v) is 17.5. The largest absolute Gasteiger partial charge is 0.456 e. The van der Waals surface area contributed by atoms with Crippen molar-refractivity contribution in [2.75, 3.05) is 9.80 Å². The number of benzene rings is 8. The Balaban J connectivity index is 1.06. The first-order chi connectivity index (χ1) is 28.1. The molecule has 2 aromatic heterocycles. The molecule has 2 aliphatic heterocycles. The average molecular weight is 751 g/mol. The molecule has 0 spiro atoms. The molecule has 58 heavy (non-hydrogen) atoms. The molecular weight excluding hydrogens is 709 g/mol. The highest BCUT2D eigenvalue weighted by molar-refractivity contribution is 6.09. The van der Waals surface area contributed by atoms with Gasteiger partial charge in [0.05, 0.1) is 22.7 Å². The Morgan fingerprint density at radius 3 is 1.45 bits per heavy atom. The van der Waals surface area contributed by atoms with E-state index in [0.717, 1.165) is 60.9 Å². The van der Waals surface area contributed by atoms with Crippen LogP contribution in [0.1, 0.15) is 61.1 Å². The van der Waals surface area contributed by atoms with Gasteiger partial charge in [0, 0.05) is 55.9 Å². The molecule has 0 N–H and O–H groups in total. The Bertz CT molecular complexity index is 3400. The first kappa shape index (κ1) is 33.4. The number of anilines is 6. The van der Waals surface area contributed by atoms with E-state index in [1.165, 1.54) is 61.2 Å². The molecule has 2 aliphatic rings. The van der Waals surface area contributed by atoms with Crippen LogP contribution < -0.4 is 9.80 Å². The molecule has 0 fully saturated rings. The van der Waals surface area contributed by atoms with Crippen LogP contribution in [-0.2, 0) is 10.8 Å². The summed E-state index contributed by atoms with van der Waals surface area (Å²) < 4.78 is 13.0. The van der Waals surface area contributed by atoms with Gasteiger partial charge in [0.25, 0.3) is 0 Å². The second kappa shape index (κ2) is 11.4. The van der Waals surface area contributed by atoms with Crippen LogP contribution in [0.4, 0.5) is 34.1 Å². The van der Waals surface area contributed by atoms with Crippen LogP contribution >= 0.6 is 0 Å². The predicted molar refractivity (Wildman–Crippen MR) is 242 cm³/mol. The summed E-state index contributed by atoms with van der Waals surface area (Å²) in [4.78, 5) is 4.93. The van der Waals surface area contributed by atoms with Crippen LogP contribution in [0, 0.1) is 13.8 Å². The fourth-order valence-electron chi connectivity index (χ4n) is 10.4. The SMILES string of the molecule is Cc1cc2cc(N3c4ccccc4C(C)(C)c4cc5c(cc43)oc3ccccc35)cc(C)c2cc1N1c2ccccc2C(C)(C)c2cc3c(cc21)oc1ccccc13. The van der Waals surface area contributed by atoms with Crippen molar-refractivity contribution < 1.29 is 8.83 Å². The summed E-state index contributed by atoms with van der Waals surface area (Å²) in [5.41, 5.74) is 17.9. The van der Waals surface area contributed by atoms with Crippen molar-refractivity contribution in [3.63, 3.8) is 0 Å². The van der Waals surface area contributed by atoms with Gasteiger partial charge in [-0.2, -0.15) is 0 Å². The Kier molecular flexibility index (Phi) is 6.57. The molecule has 0 saturated heterocycles. The van der Waals surface area contributed by atoms with Crippen molar-refractivity contribution in [1.82, 2.24) is 0 Å². The molecule has 4 heteroatoms. The molecule has 4 nitrogen and oxygen atoms in total. The molecule has 0 saturated carbocycles. The summed E-state index contributed by atoms with van der Waals surface area (Å²) in [6.07, 6.45) is 0. The Labute approximate surface area is 337 Å². The van der Waals surface area contributed by atoms with E-state index in [-0.39, 0.29) is 10.8 Å². The summed E-state index contributed by atoms with van der Waals surface area (Å²) in [5.74, 6) is 0. The summed E-state index contributed by atoms with van der Waals surface area (Å²) in [5, 5.41) is 7.06. The quantitative estimate of drug-likeness (QED) is 0.176. The van der Waals surface area contributed by atoms with Crippen molar-refractivity contribution in [1.29, 1.82) is 0 Å². The molecule has 12 rings (SSSR count). The van der Waals surface area contributed by atoms with Gasteiger partial charge in [-0.15, -0.1) is 0 Å². The van der Waals surface area contributed by atoms with Crippen LogP contribution in [0.5, 0.6) is 0 Å². The first-order valence-electron chi connectivity index (χ1n) is 20.3. The second-order valence-electron chi connectivity index (χ2n) is 17.5. The maximum atomic E-state index is 6.51. The standard InChI is InChI=1S/C54H42N2O2/c1-31-24-34(55-44-19-11-9-17-40(44)53(3,4)42-26-38-35-15-7-13-21-49(35)57-51(38)29-47(42)55)25-33-23-32(2)46(28-37(31)33)56-45-20-12-10-18-41(45)54(5,6)43-27-39-36-16-8-14-22-50(36)58-52(39)30-48(43)56/h7-30H,1-6H3. The first-order valence-corrected chi connectivity index (χ1v) is 20.3. The van der Waals surface area contributed by atoms with Gasteiger partial charge in [0.15, 0.2) is 0 Å². The minimum Gasteiger partial charge on any atom is -0.456 e. The summed E-state index contributed by atoms with van der Waals surface area (Å²) in [6.45, 7) is 13.9. The zero-order chi connectivity index (χ0) is 39.2. The van der Waals surface area contributed by atoms with Gasteiger partial charge in [-0.05, 0) is 119 Å². The highest BCUT2D eigenvalue weighted by Crippen LogP contribution is 2.56. The van der Waals surface area contributed by atoms with Gasteiger partial charge >= 0.3 is 0 Å². The number of aryl methyl sites for hydroxylation is 2. The average Bonchev–Trinajstić information content (AvgIpc) is 3.78. The van der Waals surface area contributed by atoms with Crippen molar-refractivity contribution in [2.45, 2.75) is 52.4 Å². The molecule has 8 aromatic carbocycles. The van der Waals surface area contributed by atoms with E-state index >= 15 is 0 Å². The molecular formula is C54H42N2O2. The third-order valence-electron chi connectivity index (χ3n) is 13.4.